The third-order valence-corrected chi connectivity index (χ3v) is 4.89. The van der Waals surface area contributed by atoms with Crippen molar-refractivity contribution in [1.82, 2.24) is 15.1 Å². The number of aliphatic imine (C=N–C) groups is 1. The van der Waals surface area contributed by atoms with Crippen LogP contribution in [0.1, 0.15) is 5.69 Å². The fourth-order valence-electron chi connectivity index (χ4n) is 3.36. The number of carbonyl (C=O) groups excluding carboxylic acids is 1. The number of nitrogens with one attached hydrogen (secondary N) is 1. The number of carbonyl (C=O) groups is 1. The normalized spacial score (nSPS) is 14.1. The lowest BCUT2D eigenvalue weighted by atomic mass is 10.2. The van der Waals surface area contributed by atoms with Gasteiger partial charge in [0, 0.05) is 37.1 Å². The predicted octanol–water partition coefficient (Wildman–Crippen LogP) is 2.36. The van der Waals surface area contributed by atoms with Crippen LogP contribution < -0.4 is 26.1 Å². The second kappa shape index (κ2) is 9.17. The van der Waals surface area contributed by atoms with Crippen molar-refractivity contribution in [3.8, 4) is 11.4 Å². The van der Waals surface area contributed by atoms with E-state index in [0.29, 0.717) is 41.6 Å². The van der Waals surface area contributed by atoms with Crippen LogP contribution in [0.5, 0.6) is 5.75 Å². The van der Waals surface area contributed by atoms with Crippen LogP contribution in [0.15, 0.2) is 82.9 Å². The largest absolute Gasteiger partial charge is 0.494 e. The number of nitrogens with two attached hydrogens (primary N) is 1. The average Bonchev–Trinajstić information content (AvgIpc) is 3.25. The van der Waals surface area contributed by atoms with E-state index in [1.807, 2.05) is 30.3 Å². The fourth-order valence-corrected chi connectivity index (χ4v) is 3.36. The van der Waals surface area contributed by atoms with Crippen LogP contribution in [0.4, 0.5) is 16.2 Å². The van der Waals surface area contributed by atoms with Crippen LogP contribution in [0.2, 0.25) is 0 Å². The average molecular weight is 430 g/mol. The molecule has 0 spiro atoms. The monoisotopic (exact) mass is 430 g/mol. The van der Waals surface area contributed by atoms with Gasteiger partial charge in [-0.05, 0) is 36.5 Å². The molecular weight excluding hydrogens is 408 g/mol. The molecule has 1 aromatic heterocycles. The van der Waals surface area contributed by atoms with Crippen LogP contribution >= 0.6 is 0 Å². The summed E-state index contributed by atoms with van der Waals surface area (Å²) >= 11 is 0. The van der Waals surface area contributed by atoms with Crippen molar-refractivity contribution in [2.45, 2.75) is 0 Å². The van der Waals surface area contributed by atoms with Gasteiger partial charge < -0.3 is 15.8 Å². The third kappa shape index (κ3) is 4.22. The number of hydrogen-bond donors (Lipinski definition) is 2. The van der Waals surface area contributed by atoms with Gasteiger partial charge in [0.05, 0.1) is 18.5 Å². The minimum atomic E-state index is -0.293. The summed E-state index contributed by atoms with van der Waals surface area (Å²) in [6, 6.07) is 15.8. The van der Waals surface area contributed by atoms with E-state index < -0.39 is 0 Å². The van der Waals surface area contributed by atoms with E-state index >= 15 is 0 Å². The summed E-state index contributed by atoms with van der Waals surface area (Å²) in [5.41, 5.74) is 7.76. The molecule has 2 aromatic carbocycles. The van der Waals surface area contributed by atoms with Crippen molar-refractivity contribution >= 4 is 23.1 Å². The molecule has 4 rings (SSSR count). The Balaban J connectivity index is 1.77. The highest BCUT2D eigenvalue weighted by Crippen LogP contribution is 2.29. The van der Waals surface area contributed by atoms with Gasteiger partial charge in [-0.1, -0.05) is 18.2 Å². The highest BCUT2D eigenvalue weighted by atomic mass is 16.5. The summed E-state index contributed by atoms with van der Waals surface area (Å²) in [5.74, 6) is 0.500. The van der Waals surface area contributed by atoms with Gasteiger partial charge >= 0.3 is 6.03 Å². The van der Waals surface area contributed by atoms with E-state index in [4.69, 9.17) is 10.5 Å². The minimum Gasteiger partial charge on any atom is -0.494 e. The molecule has 1 saturated heterocycles. The Kier molecular flexibility index (Phi) is 5.98. The molecule has 1 aliphatic heterocycles. The van der Waals surface area contributed by atoms with E-state index in [-0.39, 0.29) is 17.2 Å². The first-order valence-corrected chi connectivity index (χ1v) is 9.97. The molecule has 162 valence electrons. The lowest BCUT2D eigenvalue weighted by Crippen LogP contribution is -2.27. The van der Waals surface area contributed by atoms with Gasteiger partial charge in [0.2, 0.25) is 5.43 Å². The lowest BCUT2D eigenvalue weighted by molar-refractivity contribution is 0.252. The fraction of sp³-hybridized carbons (Fsp3) is 0.130. The molecule has 9 nitrogen and oxygen atoms in total. The molecule has 9 heteroatoms. The summed E-state index contributed by atoms with van der Waals surface area (Å²) in [6.45, 7) is 1.16. The molecule has 1 aliphatic rings. The second-order valence-corrected chi connectivity index (χ2v) is 6.90. The molecule has 0 radical (unpaired) electrons. The summed E-state index contributed by atoms with van der Waals surface area (Å²) in [4.78, 5) is 30.8. The number of urea groups is 1. The van der Waals surface area contributed by atoms with Gasteiger partial charge in [-0.3, -0.25) is 9.69 Å². The van der Waals surface area contributed by atoms with Crippen LogP contribution in [0.25, 0.3) is 5.69 Å². The summed E-state index contributed by atoms with van der Waals surface area (Å²) < 4.78 is 7.08. The van der Waals surface area contributed by atoms with E-state index in [1.54, 1.807) is 29.3 Å². The van der Waals surface area contributed by atoms with Crippen LogP contribution in [-0.2, 0) is 0 Å². The van der Waals surface area contributed by atoms with Gasteiger partial charge in [0.1, 0.15) is 11.4 Å². The Morgan fingerprint density at radius 2 is 2.00 bits per heavy atom. The SMILES string of the molecule is COc1cc(N2CCNC2=O)ccc1-n1ccc(=O)c(C(C=CN)=Nc2ccccc2)n1. The number of ether oxygens (including phenoxy) is 1. The number of methoxy groups -OCH3 is 1. The zero-order valence-corrected chi connectivity index (χ0v) is 17.4. The summed E-state index contributed by atoms with van der Waals surface area (Å²) in [6.07, 6.45) is 4.41. The quantitative estimate of drug-likeness (QED) is 0.583. The number of amides is 2. The zero-order valence-electron chi connectivity index (χ0n) is 17.4. The smallest absolute Gasteiger partial charge is 0.321 e. The number of anilines is 1. The number of allylic oxidation sites excluding steroid dienone is 1. The zero-order chi connectivity index (χ0) is 22.5. The van der Waals surface area contributed by atoms with E-state index in [2.05, 4.69) is 15.4 Å². The number of rotatable bonds is 6. The van der Waals surface area contributed by atoms with Gasteiger partial charge in [-0.25, -0.2) is 14.5 Å². The molecule has 32 heavy (non-hydrogen) atoms. The van der Waals surface area contributed by atoms with E-state index in [9.17, 15) is 9.59 Å². The lowest BCUT2D eigenvalue weighted by Gasteiger charge is -2.18. The summed E-state index contributed by atoms with van der Waals surface area (Å²) in [5, 5.41) is 7.28. The number of benzene rings is 2. The first-order chi connectivity index (χ1) is 15.6. The number of hydrogen-bond acceptors (Lipinski definition) is 6. The van der Waals surface area contributed by atoms with Crippen molar-refractivity contribution in [2.24, 2.45) is 10.7 Å². The van der Waals surface area contributed by atoms with Crippen LogP contribution in [0, 0.1) is 0 Å². The molecule has 2 amide bonds. The maximum Gasteiger partial charge on any atom is 0.321 e. The Bertz CT molecular complexity index is 1250. The Labute approximate surface area is 184 Å². The van der Waals surface area contributed by atoms with Crippen LogP contribution in [0.3, 0.4) is 0 Å². The molecule has 2 heterocycles. The van der Waals surface area contributed by atoms with Crippen molar-refractivity contribution < 1.29 is 9.53 Å². The Morgan fingerprint density at radius 1 is 1.19 bits per heavy atom. The highest BCUT2D eigenvalue weighted by molar-refractivity contribution is 6.08. The molecule has 0 aliphatic carbocycles. The van der Waals surface area contributed by atoms with E-state index in [1.165, 1.54) is 30.1 Å². The van der Waals surface area contributed by atoms with Crippen LogP contribution in [-0.4, -0.2) is 41.7 Å². The molecule has 0 saturated carbocycles. The maximum absolute atomic E-state index is 12.6. The van der Waals surface area contributed by atoms with Gasteiger partial charge in [0.25, 0.3) is 0 Å². The highest BCUT2D eigenvalue weighted by Gasteiger charge is 2.22. The number of nitrogens with zero attached hydrogens (tertiary/aromatic N) is 4. The van der Waals surface area contributed by atoms with Gasteiger partial charge in [-0.15, -0.1) is 0 Å². The van der Waals surface area contributed by atoms with Gasteiger partial charge in [0.15, 0.2) is 5.69 Å². The topological polar surface area (TPSA) is 115 Å². The summed E-state index contributed by atoms with van der Waals surface area (Å²) in [7, 11) is 1.54. The first-order valence-electron chi connectivity index (χ1n) is 9.97. The Morgan fingerprint density at radius 3 is 2.69 bits per heavy atom. The number of para-hydroxylation sites is 1. The van der Waals surface area contributed by atoms with Crippen molar-refractivity contribution in [2.75, 3.05) is 25.1 Å². The second-order valence-electron chi connectivity index (χ2n) is 6.90. The van der Waals surface area contributed by atoms with E-state index in [0.717, 1.165) is 0 Å². The van der Waals surface area contributed by atoms with Crippen molar-refractivity contribution in [3.63, 3.8) is 0 Å². The van der Waals surface area contributed by atoms with Gasteiger partial charge in [-0.2, -0.15) is 5.10 Å². The van der Waals surface area contributed by atoms with Crippen molar-refractivity contribution in [3.05, 3.63) is 89.0 Å². The number of aromatic nitrogens is 2. The molecular formula is C23H22N6O3. The molecule has 3 aromatic rings. The molecule has 0 unspecified atom stereocenters. The minimum absolute atomic E-state index is 0.142. The standard InChI is InChI=1S/C23H22N6O3/c1-32-21-15-17(28-14-12-25-23(28)31)7-8-19(21)29-13-10-20(30)22(27-29)18(9-11-24)26-16-5-3-2-4-6-16/h2-11,13,15H,12,14,24H2,1H3,(H,25,31). The Hall–Kier alpha value is -4.40. The third-order valence-electron chi connectivity index (χ3n) is 4.89. The maximum atomic E-state index is 12.6. The molecule has 0 atom stereocenters. The molecule has 1 fully saturated rings. The molecule has 0 bridgehead atoms. The molecule has 3 N–H and O–H groups in total. The predicted molar refractivity (Wildman–Crippen MR) is 123 cm³/mol. The van der Waals surface area contributed by atoms with Crippen molar-refractivity contribution in [1.29, 1.82) is 0 Å². The first kappa shape index (κ1) is 20.9.